The van der Waals surface area contributed by atoms with Gasteiger partial charge in [0.05, 0.1) is 11.3 Å². The normalized spacial score (nSPS) is 11.3. The molecule has 1 rings (SSSR count). The maximum Gasteiger partial charge on any atom is 0.335 e. The molecule has 0 aromatic carbocycles. The molecule has 0 spiro atoms. The number of pyridine rings is 1. The Morgan fingerprint density at radius 1 is 1.50 bits per heavy atom. The van der Waals surface area contributed by atoms with Crippen LogP contribution in [-0.2, 0) is 9.84 Å². The summed E-state index contributed by atoms with van der Waals surface area (Å²) in [6.45, 7) is 0.214. The lowest BCUT2D eigenvalue weighted by atomic mass is 10.2. The van der Waals surface area contributed by atoms with Gasteiger partial charge in [-0.25, -0.2) is 18.2 Å². The van der Waals surface area contributed by atoms with Crippen molar-refractivity contribution in [1.82, 2.24) is 4.98 Å². The summed E-state index contributed by atoms with van der Waals surface area (Å²) in [6.07, 6.45) is 1.13. The summed E-state index contributed by atoms with van der Waals surface area (Å²) >= 11 is 5.71. The third-order valence-electron chi connectivity index (χ3n) is 2.22. The fourth-order valence-electron chi connectivity index (χ4n) is 1.22. The maximum atomic E-state index is 11.0. The summed E-state index contributed by atoms with van der Waals surface area (Å²) in [7, 11) is -1.46. The summed E-state index contributed by atoms with van der Waals surface area (Å²) < 4.78 is 22.1. The van der Waals surface area contributed by atoms with Crippen LogP contribution in [0.1, 0.15) is 10.4 Å². The van der Waals surface area contributed by atoms with E-state index in [0.717, 1.165) is 6.26 Å². The van der Waals surface area contributed by atoms with E-state index in [-0.39, 0.29) is 23.0 Å². The maximum absolute atomic E-state index is 11.0. The van der Waals surface area contributed by atoms with Crippen LogP contribution in [0.2, 0.25) is 5.15 Å². The second-order valence-electron chi connectivity index (χ2n) is 3.89. The highest BCUT2D eigenvalue weighted by atomic mass is 35.5. The molecule has 0 saturated carbocycles. The summed E-state index contributed by atoms with van der Waals surface area (Å²) in [5.74, 6) is -0.833. The molecule has 0 saturated heterocycles. The van der Waals surface area contributed by atoms with E-state index in [1.165, 1.54) is 12.1 Å². The lowest BCUT2D eigenvalue weighted by molar-refractivity contribution is 0.0696. The Kier molecular flexibility index (Phi) is 4.53. The number of anilines is 1. The van der Waals surface area contributed by atoms with Crippen LogP contribution < -0.4 is 4.90 Å². The Labute approximate surface area is 110 Å². The monoisotopic (exact) mass is 292 g/mol. The van der Waals surface area contributed by atoms with E-state index < -0.39 is 15.8 Å². The lowest BCUT2D eigenvalue weighted by Gasteiger charge is -2.18. The van der Waals surface area contributed by atoms with Crippen LogP contribution in [0.4, 0.5) is 5.82 Å². The van der Waals surface area contributed by atoms with Gasteiger partial charge in [-0.3, -0.25) is 0 Å². The molecule has 0 aliphatic carbocycles. The predicted molar refractivity (Wildman–Crippen MR) is 69.2 cm³/mol. The van der Waals surface area contributed by atoms with Crippen LogP contribution in [0, 0.1) is 0 Å². The topological polar surface area (TPSA) is 87.6 Å². The first-order valence-electron chi connectivity index (χ1n) is 4.99. The first-order valence-corrected chi connectivity index (χ1v) is 7.42. The van der Waals surface area contributed by atoms with Crippen molar-refractivity contribution in [2.24, 2.45) is 0 Å². The Morgan fingerprint density at radius 2 is 2.11 bits per heavy atom. The average Bonchev–Trinajstić information content (AvgIpc) is 2.23. The number of carboxylic acids is 1. The molecule has 100 valence electrons. The Hall–Kier alpha value is -1.34. The lowest BCUT2D eigenvalue weighted by Crippen LogP contribution is -2.25. The van der Waals surface area contributed by atoms with E-state index in [4.69, 9.17) is 16.7 Å². The number of aromatic carboxylic acids is 1. The van der Waals surface area contributed by atoms with E-state index >= 15 is 0 Å². The molecule has 0 unspecified atom stereocenters. The van der Waals surface area contributed by atoms with E-state index in [9.17, 15) is 13.2 Å². The quantitative estimate of drug-likeness (QED) is 0.812. The zero-order valence-corrected chi connectivity index (χ0v) is 11.5. The standard InChI is InChI=1S/C10H13ClN2O4S/c1-13(3-4-18(2,16)17)9-6-7(10(14)15)5-8(11)12-9/h5-6H,3-4H2,1-2H3,(H,14,15). The molecule has 0 fully saturated rings. The van der Waals surface area contributed by atoms with Gasteiger partial charge < -0.3 is 10.0 Å². The largest absolute Gasteiger partial charge is 0.478 e. The molecule has 0 amide bonds. The summed E-state index contributed by atoms with van der Waals surface area (Å²) in [4.78, 5) is 16.3. The fourth-order valence-corrected chi connectivity index (χ4v) is 2.03. The van der Waals surface area contributed by atoms with Crippen LogP contribution in [0.25, 0.3) is 0 Å². The first-order chi connectivity index (χ1) is 8.19. The minimum absolute atomic E-state index is 0.0104. The average molecular weight is 293 g/mol. The van der Waals surface area contributed by atoms with Crippen molar-refractivity contribution < 1.29 is 18.3 Å². The minimum atomic E-state index is -3.08. The Balaban J connectivity index is 2.92. The van der Waals surface area contributed by atoms with Crippen LogP contribution in [0.3, 0.4) is 0 Å². The van der Waals surface area contributed by atoms with Crippen molar-refractivity contribution in [3.63, 3.8) is 0 Å². The molecule has 0 aliphatic heterocycles. The number of hydrogen-bond donors (Lipinski definition) is 1. The molecule has 18 heavy (non-hydrogen) atoms. The molecular weight excluding hydrogens is 280 g/mol. The molecule has 8 heteroatoms. The summed E-state index contributed by atoms with van der Waals surface area (Å²) in [5, 5.41) is 8.93. The van der Waals surface area contributed by atoms with Crippen LogP contribution in [-0.4, -0.2) is 50.1 Å². The molecule has 1 aromatic heterocycles. The third kappa shape index (κ3) is 4.50. The summed E-state index contributed by atoms with van der Waals surface area (Å²) in [5.41, 5.74) is 0.0104. The molecule has 1 N–H and O–H groups in total. The molecule has 1 aromatic rings. The van der Waals surface area contributed by atoms with Gasteiger partial charge in [0.25, 0.3) is 0 Å². The van der Waals surface area contributed by atoms with Crippen LogP contribution in [0.15, 0.2) is 12.1 Å². The highest BCUT2D eigenvalue weighted by molar-refractivity contribution is 7.90. The molecule has 0 bridgehead atoms. The number of carbonyl (C=O) groups is 1. The number of rotatable bonds is 5. The number of hydrogen-bond acceptors (Lipinski definition) is 5. The molecule has 6 nitrogen and oxygen atoms in total. The number of aromatic nitrogens is 1. The van der Waals surface area contributed by atoms with E-state index in [2.05, 4.69) is 4.98 Å². The van der Waals surface area contributed by atoms with Gasteiger partial charge in [-0.15, -0.1) is 0 Å². The van der Waals surface area contributed by atoms with E-state index in [0.29, 0.717) is 5.82 Å². The van der Waals surface area contributed by atoms with Crippen molar-refractivity contribution in [2.75, 3.05) is 30.5 Å². The van der Waals surface area contributed by atoms with Gasteiger partial charge in [0.15, 0.2) is 0 Å². The van der Waals surface area contributed by atoms with Gasteiger partial charge in [0.2, 0.25) is 0 Å². The second-order valence-corrected chi connectivity index (χ2v) is 6.54. The van der Waals surface area contributed by atoms with Crippen molar-refractivity contribution in [1.29, 1.82) is 0 Å². The van der Waals surface area contributed by atoms with Gasteiger partial charge in [0.1, 0.15) is 20.8 Å². The molecular formula is C10H13ClN2O4S. The zero-order chi connectivity index (χ0) is 13.9. The summed E-state index contributed by atoms with van der Waals surface area (Å²) in [6, 6.07) is 2.58. The Bertz CT molecular complexity index is 559. The Morgan fingerprint density at radius 3 is 2.61 bits per heavy atom. The smallest absolute Gasteiger partial charge is 0.335 e. The SMILES string of the molecule is CN(CCS(C)(=O)=O)c1cc(C(=O)O)cc(Cl)n1. The number of nitrogens with zero attached hydrogens (tertiary/aromatic N) is 2. The van der Waals surface area contributed by atoms with Gasteiger partial charge >= 0.3 is 5.97 Å². The van der Waals surface area contributed by atoms with E-state index in [1.54, 1.807) is 11.9 Å². The van der Waals surface area contributed by atoms with Crippen LogP contribution >= 0.6 is 11.6 Å². The van der Waals surface area contributed by atoms with Crippen molar-refractivity contribution in [2.45, 2.75) is 0 Å². The van der Waals surface area contributed by atoms with Gasteiger partial charge in [-0.1, -0.05) is 11.6 Å². The second kappa shape index (κ2) is 5.53. The number of sulfone groups is 1. The van der Waals surface area contributed by atoms with Crippen LogP contribution in [0.5, 0.6) is 0 Å². The number of halogens is 1. The molecule has 0 radical (unpaired) electrons. The minimum Gasteiger partial charge on any atom is -0.478 e. The van der Waals surface area contributed by atoms with Crippen molar-refractivity contribution in [3.8, 4) is 0 Å². The molecule has 0 atom stereocenters. The first kappa shape index (κ1) is 14.7. The molecule has 0 aliphatic rings. The van der Waals surface area contributed by atoms with Crippen molar-refractivity contribution >= 4 is 33.2 Å². The predicted octanol–water partition coefficient (Wildman–Crippen LogP) is 0.914. The van der Waals surface area contributed by atoms with E-state index in [1.807, 2.05) is 0 Å². The fraction of sp³-hybridized carbons (Fsp3) is 0.400. The van der Waals surface area contributed by atoms with Crippen molar-refractivity contribution in [3.05, 3.63) is 22.8 Å². The highest BCUT2D eigenvalue weighted by Crippen LogP contribution is 2.17. The zero-order valence-electron chi connectivity index (χ0n) is 9.92. The van der Waals surface area contributed by atoms with Gasteiger partial charge in [0, 0.05) is 19.8 Å². The van der Waals surface area contributed by atoms with Gasteiger partial charge in [-0.05, 0) is 12.1 Å². The molecule has 1 heterocycles. The highest BCUT2D eigenvalue weighted by Gasteiger charge is 2.12. The van der Waals surface area contributed by atoms with Gasteiger partial charge in [-0.2, -0.15) is 0 Å². The third-order valence-corrected chi connectivity index (χ3v) is 3.33. The number of carboxylic acid groups (broad SMARTS) is 1.